The third-order valence-corrected chi connectivity index (χ3v) is 6.33. The number of rotatable bonds is 8. The molecule has 2 amide bonds. The number of carbonyl (C=O) groups is 3. The summed E-state index contributed by atoms with van der Waals surface area (Å²) in [7, 11) is 0. The molecule has 1 aliphatic rings. The van der Waals surface area contributed by atoms with Gasteiger partial charge in [-0.15, -0.1) is 0 Å². The number of amides is 2. The number of ether oxygens (including phenoxy) is 1. The molecular formula is C27H22BrClN2O4. The fourth-order valence-corrected chi connectivity index (χ4v) is 4.02. The largest absolute Gasteiger partial charge is 0.423 e. The fourth-order valence-electron chi connectivity index (χ4n) is 3.54. The number of carbonyl (C=O) groups excluding carboxylic acids is 3. The number of unbranched alkanes of at least 4 members (excludes halogenated alkanes) is 1. The Kier molecular flexibility index (Phi) is 7.68. The van der Waals surface area contributed by atoms with Crippen LogP contribution < -0.4 is 15.0 Å². The summed E-state index contributed by atoms with van der Waals surface area (Å²) in [6, 6.07) is 20.6. The van der Waals surface area contributed by atoms with Gasteiger partial charge >= 0.3 is 5.97 Å². The maximum Gasteiger partial charge on any atom is 0.343 e. The highest BCUT2D eigenvalue weighted by Crippen LogP contribution is 2.30. The van der Waals surface area contributed by atoms with Gasteiger partial charge in [-0.25, -0.2) is 9.69 Å². The van der Waals surface area contributed by atoms with E-state index < -0.39 is 17.8 Å². The van der Waals surface area contributed by atoms with Gasteiger partial charge in [0.15, 0.2) is 0 Å². The molecule has 0 radical (unpaired) electrons. The van der Waals surface area contributed by atoms with Crippen molar-refractivity contribution in [1.82, 2.24) is 0 Å². The predicted molar refractivity (Wildman–Crippen MR) is 140 cm³/mol. The maximum atomic E-state index is 13.0. The van der Waals surface area contributed by atoms with Crippen LogP contribution in [0.2, 0.25) is 0 Å². The van der Waals surface area contributed by atoms with Crippen molar-refractivity contribution in [1.29, 1.82) is 0 Å². The summed E-state index contributed by atoms with van der Waals surface area (Å²) in [6.45, 7) is 2.13. The number of aryl methyl sites for hydroxylation is 1. The van der Waals surface area contributed by atoms with Gasteiger partial charge in [0.05, 0.1) is 11.3 Å². The third-order valence-electron chi connectivity index (χ3n) is 5.45. The first-order valence-electron chi connectivity index (χ1n) is 11.1. The van der Waals surface area contributed by atoms with E-state index in [2.05, 4.69) is 28.2 Å². The number of halogens is 2. The zero-order chi connectivity index (χ0) is 24.9. The van der Waals surface area contributed by atoms with Crippen molar-refractivity contribution in [3.8, 4) is 5.75 Å². The van der Waals surface area contributed by atoms with Gasteiger partial charge in [-0.2, -0.15) is 0 Å². The normalized spacial score (nSPS) is 13.4. The zero-order valence-corrected chi connectivity index (χ0v) is 21.2. The average Bonchev–Trinajstić information content (AvgIpc) is 3.08. The van der Waals surface area contributed by atoms with E-state index in [0.717, 1.165) is 34.2 Å². The second-order valence-corrected chi connectivity index (χ2v) is 9.24. The number of hydrogen-bond acceptors (Lipinski definition) is 5. The molecule has 0 aromatic heterocycles. The highest BCUT2D eigenvalue weighted by Gasteiger charge is 2.38. The SMILES string of the molecule is CCCCc1ccc(N2C(=O)C(Cl)=C(Nc3ccc(C(=O)Oc4ccc(Br)cc4)cc3)C2=O)cc1. The van der Waals surface area contributed by atoms with Crippen molar-refractivity contribution >= 4 is 56.7 Å². The van der Waals surface area contributed by atoms with Gasteiger partial charge in [0.1, 0.15) is 16.5 Å². The third kappa shape index (κ3) is 5.63. The van der Waals surface area contributed by atoms with Gasteiger partial charge < -0.3 is 10.1 Å². The molecule has 0 atom stereocenters. The minimum Gasteiger partial charge on any atom is -0.423 e. The van der Waals surface area contributed by atoms with Crippen LogP contribution in [0.5, 0.6) is 5.75 Å². The highest BCUT2D eigenvalue weighted by atomic mass is 79.9. The van der Waals surface area contributed by atoms with E-state index in [4.69, 9.17) is 16.3 Å². The summed E-state index contributed by atoms with van der Waals surface area (Å²) in [6.07, 6.45) is 3.10. The van der Waals surface area contributed by atoms with E-state index in [-0.39, 0.29) is 10.7 Å². The second kappa shape index (κ2) is 10.9. The lowest BCUT2D eigenvalue weighted by molar-refractivity contribution is -0.120. The Morgan fingerprint density at radius 2 is 1.60 bits per heavy atom. The minimum atomic E-state index is -0.588. The van der Waals surface area contributed by atoms with E-state index in [1.54, 1.807) is 60.7 Å². The summed E-state index contributed by atoms with van der Waals surface area (Å²) in [5.74, 6) is -1.22. The molecule has 1 aliphatic heterocycles. The lowest BCUT2D eigenvalue weighted by Gasteiger charge is -2.15. The number of nitrogens with zero attached hydrogens (tertiary/aromatic N) is 1. The molecule has 0 saturated heterocycles. The Bertz CT molecular complexity index is 1290. The van der Waals surface area contributed by atoms with E-state index >= 15 is 0 Å². The minimum absolute atomic E-state index is 0.0167. The highest BCUT2D eigenvalue weighted by molar-refractivity contribution is 9.10. The molecule has 4 rings (SSSR count). The van der Waals surface area contributed by atoms with E-state index in [1.165, 1.54) is 0 Å². The van der Waals surface area contributed by atoms with Gasteiger partial charge in [0.2, 0.25) is 0 Å². The van der Waals surface area contributed by atoms with Crippen LogP contribution >= 0.6 is 27.5 Å². The summed E-state index contributed by atoms with van der Waals surface area (Å²) >= 11 is 9.56. The predicted octanol–water partition coefficient (Wildman–Crippen LogP) is 6.45. The van der Waals surface area contributed by atoms with E-state index in [0.29, 0.717) is 22.7 Å². The fraction of sp³-hybridized carbons (Fsp3) is 0.148. The Hall–Kier alpha value is -3.42. The Balaban J connectivity index is 1.44. The van der Waals surface area contributed by atoms with Crippen molar-refractivity contribution in [2.75, 3.05) is 10.2 Å². The van der Waals surface area contributed by atoms with Crippen LogP contribution in [-0.2, 0) is 16.0 Å². The first kappa shape index (κ1) is 24.7. The lowest BCUT2D eigenvalue weighted by Crippen LogP contribution is -2.32. The number of benzene rings is 3. The molecular weight excluding hydrogens is 532 g/mol. The first-order chi connectivity index (χ1) is 16.9. The van der Waals surface area contributed by atoms with Crippen molar-refractivity contribution in [3.63, 3.8) is 0 Å². The number of imide groups is 1. The molecule has 1 heterocycles. The van der Waals surface area contributed by atoms with Gasteiger partial charge in [0.25, 0.3) is 11.8 Å². The van der Waals surface area contributed by atoms with Crippen molar-refractivity contribution < 1.29 is 19.1 Å². The molecule has 3 aromatic rings. The standard InChI is InChI=1S/C27H22BrClN2O4/c1-2-3-4-17-5-13-21(14-6-17)31-25(32)23(29)24(26(31)33)30-20-11-7-18(8-12-20)27(34)35-22-15-9-19(28)10-16-22/h5-16,30H,2-4H2,1H3. The molecule has 0 unspecified atom stereocenters. The Morgan fingerprint density at radius 3 is 2.23 bits per heavy atom. The molecule has 0 fully saturated rings. The van der Waals surface area contributed by atoms with Crippen LogP contribution in [0.1, 0.15) is 35.7 Å². The van der Waals surface area contributed by atoms with Gasteiger partial charge in [-0.05, 0) is 79.1 Å². The molecule has 8 heteroatoms. The van der Waals surface area contributed by atoms with E-state index in [1.807, 2.05) is 12.1 Å². The number of esters is 1. The van der Waals surface area contributed by atoms with Crippen LogP contribution in [0, 0.1) is 0 Å². The molecule has 1 N–H and O–H groups in total. The molecule has 0 bridgehead atoms. The van der Waals surface area contributed by atoms with Gasteiger partial charge in [-0.3, -0.25) is 9.59 Å². The second-order valence-electron chi connectivity index (χ2n) is 7.95. The Morgan fingerprint density at radius 1 is 0.943 bits per heavy atom. The zero-order valence-electron chi connectivity index (χ0n) is 18.9. The van der Waals surface area contributed by atoms with Crippen molar-refractivity contribution in [2.45, 2.75) is 26.2 Å². The smallest absolute Gasteiger partial charge is 0.343 e. The molecule has 35 heavy (non-hydrogen) atoms. The number of nitrogens with one attached hydrogen (secondary N) is 1. The number of hydrogen-bond donors (Lipinski definition) is 1. The van der Waals surface area contributed by atoms with Crippen molar-refractivity contribution in [2.24, 2.45) is 0 Å². The quantitative estimate of drug-likeness (QED) is 0.197. The number of anilines is 2. The first-order valence-corrected chi connectivity index (χ1v) is 12.3. The summed E-state index contributed by atoms with van der Waals surface area (Å²) in [5, 5.41) is 2.72. The lowest BCUT2D eigenvalue weighted by atomic mass is 10.1. The van der Waals surface area contributed by atoms with Crippen LogP contribution in [0.3, 0.4) is 0 Å². The summed E-state index contributed by atoms with van der Waals surface area (Å²) in [5.41, 5.74) is 2.41. The molecule has 0 aliphatic carbocycles. The van der Waals surface area contributed by atoms with Crippen LogP contribution in [0.25, 0.3) is 0 Å². The maximum absolute atomic E-state index is 13.0. The molecule has 0 spiro atoms. The topological polar surface area (TPSA) is 75.7 Å². The van der Waals surface area contributed by atoms with E-state index in [9.17, 15) is 14.4 Å². The molecule has 6 nitrogen and oxygen atoms in total. The monoisotopic (exact) mass is 552 g/mol. The van der Waals surface area contributed by atoms with Gasteiger partial charge in [0, 0.05) is 10.2 Å². The summed E-state index contributed by atoms with van der Waals surface area (Å²) < 4.78 is 6.23. The van der Waals surface area contributed by atoms with Crippen molar-refractivity contribution in [3.05, 3.63) is 99.1 Å². The van der Waals surface area contributed by atoms with Crippen LogP contribution in [0.4, 0.5) is 11.4 Å². The molecule has 0 saturated carbocycles. The van der Waals surface area contributed by atoms with Crippen LogP contribution in [-0.4, -0.2) is 17.8 Å². The average molecular weight is 554 g/mol. The molecule has 178 valence electrons. The molecule has 3 aromatic carbocycles. The van der Waals surface area contributed by atoms with Crippen LogP contribution in [0.15, 0.2) is 88.0 Å². The van der Waals surface area contributed by atoms with Gasteiger partial charge in [-0.1, -0.05) is 53.0 Å². The Labute approximate surface area is 216 Å². The summed E-state index contributed by atoms with van der Waals surface area (Å²) in [4.78, 5) is 39.2.